The lowest BCUT2D eigenvalue weighted by Gasteiger charge is -2.39. The van der Waals surface area contributed by atoms with Gasteiger partial charge in [0.05, 0.1) is 11.9 Å². The lowest BCUT2D eigenvalue weighted by molar-refractivity contribution is -0.126. The highest BCUT2D eigenvalue weighted by molar-refractivity contribution is 5.82. The van der Waals surface area contributed by atoms with Gasteiger partial charge >= 0.3 is 0 Å². The third-order valence-electron chi connectivity index (χ3n) is 9.06. The SMILES string of the molecule is N=C(N)C1CCC2CC(C(=O)NCC3CCCCC3)N(CC3CCC(C(N)=O)CC3)C2C1. The van der Waals surface area contributed by atoms with Crippen molar-refractivity contribution >= 4 is 17.6 Å². The maximum absolute atomic E-state index is 13.4. The molecule has 0 spiro atoms. The van der Waals surface area contributed by atoms with Crippen molar-refractivity contribution in [3.05, 3.63) is 0 Å². The summed E-state index contributed by atoms with van der Waals surface area (Å²) in [6.07, 6.45) is 14.0. The maximum Gasteiger partial charge on any atom is 0.237 e. The molecule has 1 saturated heterocycles. The Morgan fingerprint density at radius 1 is 0.844 bits per heavy atom. The highest BCUT2D eigenvalue weighted by Crippen LogP contribution is 2.43. The van der Waals surface area contributed by atoms with Gasteiger partial charge in [-0.1, -0.05) is 19.3 Å². The number of likely N-dealkylation sites (tertiary alicyclic amines) is 1. The average Bonchev–Trinajstić information content (AvgIpc) is 3.16. The first-order chi connectivity index (χ1) is 15.4. The molecule has 180 valence electrons. The molecule has 32 heavy (non-hydrogen) atoms. The summed E-state index contributed by atoms with van der Waals surface area (Å²) in [5.41, 5.74) is 11.4. The van der Waals surface area contributed by atoms with Crippen molar-refractivity contribution in [1.29, 1.82) is 5.41 Å². The van der Waals surface area contributed by atoms with E-state index in [1.54, 1.807) is 0 Å². The number of carbonyl (C=O) groups is 2. The number of fused-ring (bicyclic) bond motifs is 1. The van der Waals surface area contributed by atoms with Crippen LogP contribution in [-0.2, 0) is 9.59 Å². The number of nitrogens with zero attached hydrogens (tertiary/aromatic N) is 1. The Labute approximate surface area is 192 Å². The number of amides is 2. The molecule has 3 aliphatic carbocycles. The minimum atomic E-state index is -0.166. The molecule has 7 heteroatoms. The van der Waals surface area contributed by atoms with Crippen LogP contribution in [0, 0.1) is 35.0 Å². The first-order valence-electron chi connectivity index (χ1n) is 13.1. The molecule has 0 aromatic heterocycles. The van der Waals surface area contributed by atoms with E-state index < -0.39 is 0 Å². The monoisotopic (exact) mass is 445 g/mol. The second kappa shape index (κ2) is 10.5. The Hall–Kier alpha value is -1.63. The number of nitrogens with two attached hydrogens (primary N) is 2. The van der Waals surface area contributed by atoms with Crippen LogP contribution in [0.2, 0.25) is 0 Å². The molecule has 4 atom stereocenters. The number of hydrogen-bond donors (Lipinski definition) is 4. The molecule has 1 aliphatic heterocycles. The molecule has 3 saturated carbocycles. The number of amidine groups is 1. The van der Waals surface area contributed by atoms with Crippen molar-refractivity contribution in [3.63, 3.8) is 0 Å². The van der Waals surface area contributed by atoms with E-state index in [2.05, 4.69) is 10.2 Å². The Morgan fingerprint density at radius 2 is 1.53 bits per heavy atom. The van der Waals surface area contributed by atoms with Crippen molar-refractivity contribution in [2.45, 2.75) is 95.6 Å². The van der Waals surface area contributed by atoms with E-state index in [1.165, 1.54) is 32.1 Å². The molecule has 1 heterocycles. The first kappa shape index (κ1) is 23.5. The first-order valence-corrected chi connectivity index (χ1v) is 13.1. The van der Waals surface area contributed by atoms with Gasteiger partial charge in [0, 0.05) is 31.0 Å². The lowest BCUT2D eigenvalue weighted by Crippen LogP contribution is -2.50. The predicted octanol–water partition coefficient (Wildman–Crippen LogP) is 2.77. The van der Waals surface area contributed by atoms with E-state index in [-0.39, 0.29) is 29.7 Å². The summed E-state index contributed by atoms with van der Waals surface area (Å²) in [7, 11) is 0. The third-order valence-corrected chi connectivity index (χ3v) is 9.06. The van der Waals surface area contributed by atoms with Gasteiger partial charge < -0.3 is 16.8 Å². The Morgan fingerprint density at radius 3 is 2.19 bits per heavy atom. The minimum absolute atomic E-state index is 0.0175. The zero-order chi connectivity index (χ0) is 22.7. The van der Waals surface area contributed by atoms with Gasteiger partial charge in [-0.2, -0.15) is 0 Å². The fourth-order valence-electron chi connectivity index (χ4n) is 7.03. The summed E-state index contributed by atoms with van der Waals surface area (Å²) in [5.74, 6) is 2.17. The second-order valence-corrected chi connectivity index (χ2v) is 11.1. The van der Waals surface area contributed by atoms with Gasteiger partial charge in [-0.3, -0.25) is 19.9 Å². The van der Waals surface area contributed by atoms with Crippen LogP contribution in [0.25, 0.3) is 0 Å². The molecule has 6 N–H and O–H groups in total. The molecule has 4 fully saturated rings. The van der Waals surface area contributed by atoms with Gasteiger partial charge in [-0.25, -0.2) is 0 Å². The minimum Gasteiger partial charge on any atom is -0.387 e. The number of carbonyl (C=O) groups excluding carboxylic acids is 2. The van der Waals surface area contributed by atoms with Crippen molar-refractivity contribution < 1.29 is 9.59 Å². The van der Waals surface area contributed by atoms with Crippen LogP contribution in [0.15, 0.2) is 0 Å². The van der Waals surface area contributed by atoms with E-state index in [9.17, 15) is 9.59 Å². The van der Waals surface area contributed by atoms with Crippen LogP contribution in [0.5, 0.6) is 0 Å². The Balaban J connectivity index is 1.41. The zero-order valence-corrected chi connectivity index (χ0v) is 19.6. The number of rotatable bonds is 7. The van der Waals surface area contributed by atoms with Gasteiger partial charge in [0.15, 0.2) is 0 Å². The molecular weight excluding hydrogens is 402 g/mol. The quantitative estimate of drug-likeness (QED) is 0.355. The van der Waals surface area contributed by atoms with Gasteiger partial charge in [-0.05, 0) is 82.0 Å². The summed E-state index contributed by atoms with van der Waals surface area (Å²) < 4.78 is 0. The highest BCUT2D eigenvalue weighted by Gasteiger charge is 2.48. The molecule has 0 bridgehead atoms. The lowest BCUT2D eigenvalue weighted by atomic mass is 9.77. The van der Waals surface area contributed by atoms with E-state index >= 15 is 0 Å². The summed E-state index contributed by atoms with van der Waals surface area (Å²) in [5, 5.41) is 11.3. The van der Waals surface area contributed by atoms with Gasteiger partial charge in [0.1, 0.15) is 0 Å². The molecule has 4 rings (SSSR count). The van der Waals surface area contributed by atoms with Crippen LogP contribution in [0.3, 0.4) is 0 Å². The van der Waals surface area contributed by atoms with Crippen LogP contribution in [0.1, 0.15) is 83.5 Å². The van der Waals surface area contributed by atoms with Crippen LogP contribution < -0.4 is 16.8 Å². The van der Waals surface area contributed by atoms with E-state index in [0.29, 0.717) is 29.6 Å². The summed E-state index contributed by atoms with van der Waals surface area (Å²) in [4.78, 5) is 27.4. The van der Waals surface area contributed by atoms with Crippen molar-refractivity contribution in [2.24, 2.45) is 41.1 Å². The fraction of sp³-hybridized carbons (Fsp3) is 0.880. The number of hydrogen-bond acceptors (Lipinski definition) is 4. The largest absolute Gasteiger partial charge is 0.387 e. The van der Waals surface area contributed by atoms with Crippen LogP contribution >= 0.6 is 0 Å². The van der Waals surface area contributed by atoms with Crippen molar-refractivity contribution in [1.82, 2.24) is 10.2 Å². The number of nitrogens with one attached hydrogen (secondary N) is 2. The molecule has 0 radical (unpaired) electrons. The Kier molecular flexibility index (Phi) is 7.74. The summed E-state index contributed by atoms with van der Waals surface area (Å²) >= 11 is 0. The molecule has 7 nitrogen and oxygen atoms in total. The predicted molar refractivity (Wildman–Crippen MR) is 126 cm³/mol. The standard InChI is InChI=1S/C25H43N5O2/c26-23(27)20-11-10-19-12-22(25(32)29-14-16-4-2-1-3-5-16)30(21(19)13-20)15-17-6-8-18(9-7-17)24(28)31/h16-22H,1-15H2,(H3,26,27)(H2,28,31)(H,29,32). The smallest absolute Gasteiger partial charge is 0.237 e. The van der Waals surface area contributed by atoms with Gasteiger partial charge in [0.2, 0.25) is 11.8 Å². The highest BCUT2D eigenvalue weighted by atomic mass is 16.2. The molecule has 4 aliphatic rings. The molecule has 4 unspecified atom stereocenters. The van der Waals surface area contributed by atoms with Crippen molar-refractivity contribution in [2.75, 3.05) is 13.1 Å². The van der Waals surface area contributed by atoms with E-state index in [1.807, 2.05) is 0 Å². The summed E-state index contributed by atoms with van der Waals surface area (Å²) in [6.45, 7) is 1.73. The van der Waals surface area contributed by atoms with Crippen LogP contribution in [0.4, 0.5) is 0 Å². The zero-order valence-electron chi connectivity index (χ0n) is 19.6. The van der Waals surface area contributed by atoms with Gasteiger partial charge in [0.25, 0.3) is 0 Å². The topological polar surface area (TPSA) is 125 Å². The maximum atomic E-state index is 13.4. The second-order valence-electron chi connectivity index (χ2n) is 11.1. The summed E-state index contributed by atoms with van der Waals surface area (Å²) in [6, 6.07) is 0.283. The van der Waals surface area contributed by atoms with Crippen LogP contribution in [-0.4, -0.2) is 47.7 Å². The van der Waals surface area contributed by atoms with E-state index in [0.717, 1.165) is 64.5 Å². The average molecular weight is 446 g/mol. The molecule has 2 amide bonds. The van der Waals surface area contributed by atoms with Crippen molar-refractivity contribution in [3.8, 4) is 0 Å². The number of primary amides is 1. The van der Waals surface area contributed by atoms with E-state index in [4.69, 9.17) is 16.9 Å². The molecule has 0 aromatic rings. The van der Waals surface area contributed by atoms with Gasteiger partial charge in [-0.15, -0.1) is 0 Å². The third kappa shape index (κ3) is 5.46. The molecule has 0 aromatic carbocycles. The Bertz CT molecular complexity index is 684. The molecular formula is C25H43N5O2. The normalized spacial score (nSPS) is 36.4. The fourth-order valence-corrected chi connectivity index (χ4v) is 7.03.